The first-order valence-electron chi connectivity index (χ1n) is 8.58. The number of carbonyl (C=O) groups is 1. The van der Waals surface area contributed by atoms with Gasteiger partial charge < -0.3 is 0 Å². The SMILES string of the molecule is CCCCN1C(=O)c2sccc2N2C(SCc3ccccc3Cl)=NNC12. The van der Waals surface area contributed by atoms with Crippen molar-refractivity contribution >= 4 is 51.5 Å². The summed E-state index contributed by atoms with van der Waals surface area (Å²) in [6, 6.07) is 9.85. The van der Waals surface area contributed by atoms with Crippen LogP contribution in [0.2, 0.25) is 5.02 Å². The van der Waals surface area contributed by atoms with Crippen molar-refractivity contribution in [1.29, 1.82) is 0 Å². The molecule has 0 spiro atoms. The molecule has 0 bridgehead atoms. The van der Waals surface area contributed by atoms with Crippen LogP contribution in [0.25, 0.3) is 0 Å². The zero-order valence-corrected chi connectivity index (χ0v) is 16.7. The van der Waals surface area contributed by atoms with Gasteiger partial charge in [0.15, 0.2) is 5.17 Å². The molecule has 3 heterocycles. The number of carbonyl (C=O) groups excluding carboxylic acids is 1. The molecule has 2 aliphatic heterocycles. The van der Waals surface area contributed by atoms with Crippen LogP contribution in [0.15, 0.2) is 40.8 Å². The number of anilines is 1. The molecule has 0 radical (unpaired) electrons. The number of fused-ring (bicyclic) bond motifs is 3. The number of amides is 1. The summed E-state index contributed by atoms with van der Waals surface area (Å²) in [5.41, 5.74) is 5.16. The van der Waals surface area contributed by atoms with Crippen LogP contribution in [0.1, 0.15) is 35.0 Å². The molecule has 1 aromatic heterocycles. The minimum absolute atomic E-state index is 0.0877. The Labute approximate surface area is 166 Å². The monoisotopic (exact) mass is 406 g/mol. The first-order valence-corrected chi connectivity index (χ1v) is 10.8. The van der Waals surface area contributed by atoms with Gasteiger partial charge in [-0.05, 0) is 29.5 Å². The molecular formula is C18H19ClN4OS2. The van der Waals surface area contributed by atoms with Gasteiger partial charge in [-0.25, -0.2) is 0 Å². The Kier molecular flexibility index (Phi) is 5.11. The number of nitrogens with zero attached hydrogens (tertiary/aromatic N) is 3. The molecule has 4 rings (SSSR count). The lowest BCUT2D eigenvalue weighted by molar-refractivity contribution is 0.0644. The maximum Gasteiger partial charge on any atom is 0.269 e. The van der Waals surface area contributed by atoms with E-state index >= 15 is 0 Å². The second kappa shape index (κ2) is 7.50. The quantitative estimate of drug-likeness (QED) is 0.790. The van der Waals surface area contributed by atoms with Crippen LogP contribution in [0.4, 0.5) is 5.69 Å². The molecule has 0 saturated carbocycles. The Bertz CT molecular complexity index is 853. The highest BCUT2D eigenvalue weighted by molar-refractivity contribution is 8.13. The second-order valence-corrected chi connectivity index (χ2v) is 8.40. The van der Waals surface area contributed by atoms with E-state index < -0.39 is 0 Å². The highest BCUT2D eigenvalue weighted by atomic mass is 35.5. The average molecular weight is 407 g/mol. The van der Waals surface area contributed by atoms with Gasteiger partial charge in [-0.3, -0.25) is 20.0 Å². The molecular weight excluding hydrogens is 388 g/mol. The van der Waals surface area contributed by atoms with Crippen LogP contribution in [-0.2, 0) is 5.75 Å². The van der Waals surface area contributed by atoms with Crippen molar-refractivity contribution in [3.05, 3.63) is 51.2 Å². The molecule has 1 unspecified atom stereocenters. The first-order chi connectivity index (χ1) is 12.7. The Balaban J connectivity index is 1.57. The average Bonchev–Trinajstić information content (AvgIpc) is 3.28. The number of thioether (sulfide) groups is 1. The molecule has 1 N–H and O–H groups in total. The number of hydrogen-bond donors (Lipinski definition) is 1. The predicted octanol–water partition coefficient (Wildman–Crippen LogP) is 4.56. The number of amidine groups is 1. The van der Waals surface area contributed by atoms with Gasteiger partial charge >= 0.3 is 0 Å². The van der Waals surface area contributed by atoms with Crippen molar-refractivity contribution in [2.24, 2.45) is 5.10 Å². The zero-order chi connectivity index (χ0) is 18.1. The smallest absolute Gasteiger partial charge is 0.269 e. The molecule has 2 aromatic rings. The lowest BCUT2D eigenvalue weighted by Gasteiger charge is -2.39. The van der Waals surface area contributed by atoms with E-state index in [9.17, 15) is 4.79 Å². The lowest BCUT2D eigenvalue weighted by atomic mass is 10.2. The van der Waals surface area contributed by atoms with Gasteiger partial charge in [0.25, 0.3) is 5.91 Å². The predicted molar refractivity (Wildman–Crippen MR) is 110 cm³/mol. The molecule has 26 heavy (non-hydrogen) atoms. The molecule has 1 atom stereocenters. The summed E-state index contributed by atoms with van der Waals surface area (Å²) in [7, 11) is 0. The number of hydrogen-bond acceptors (Lipinski definition) is 6. The van der Waals surface area contributed by atoms with Gasteiger partial charge in [0.1, 0.15) is 4.88 Å². The molecule has 0 fully saturated rings. The van der Waals surface area contributed by atoms with Crippen LogP contribution in [0, 0.1) is 0 Å². The number of benzene rings is 1. The maximum absolute atomic E-state index is 12.9. The molecule has 0 saturated heterocycles. The van der Waals surface area contributed by atoms with E-state index in [1.54, 1.807) is 11.8 Å². The summed E-state index contributed by atoms with van der Waals surface area (Å²) in [4.78, 5) is 17.6. The number of halogens is 1. The van der Waals surface area contributed by atoms with Crippen molar-refractivity contribution in [1.82, 2.24) is 10.3 Å². The fraction of sp³-hybridized carbons (Fsp3) is 0.333. The van der Waals surface area contributed by atoms with E-state index in [4.69, 9.17) is 11.6 Å². The van der Waals surface area contributed by atoms with Crippen LogP contribution in [0.3, 0.4) is 0 Å². The van der Waals surface area contributed by atoms with Crippen molar-refractivity contribution in [3.63, 3.8) is 0 Å². The highest BCUT2D eigenvalue weighted by Crippen LogP contribution is 2.38. The van der Waals surface area contributed by atoms with Gasteiger partial charge in [-0.15, -0.1) is 11.3 Å². The summed E-state index contributed by atoms with van der Waals surface area (Å²) in [5.74, 6) is 0.816. The summed E-state index contributed by atoms with van der Waals surface area (Å²) in [6.45, 7) is 2.85. The van der Waals surface area contributed by atoms with Gasteiger partial charge in [0.05, 0.1) is 5.69 Å². The molecule has 8 heteroatoms. The Morgan fingerprint density at radius 1 is 1.35 bits per heavy atom. The fourth-order valence-electron chi connectivity index (χ4n) is 3.08. The van der Waals surface area contributed by atoms with E-state index in [2.05, 4.69) is 22.4 Å². The van der Waals surface area contributed by atoms with E-state index in [0.29, 0.717) is 0 Å². The lowest BCUT2D eigenvalue weighted by Crippen LogP contribution is -2.58. The molecule has 1 aromatic carbocycles. The summed E-state index contributed by atoms with van der Waals surface area (Å²) >= 11 is 9.40. The van der Waals surface area contributed by atoms with E-state index in [0.717, 1.165) is 51.5 Å². The number of thiophene rings is 1. The first kappa shape index (κ1) is 17.7. The van der Waals surface area contributed by atoms with Crippen LogP contribution < -0.4 is 10.3 Å². The minimum Gasteiger partial charge on any atom is -0.298 e. The summed E-state index contributed by atoms with van der Waals surface area (Å²) < 4.78 is 0. The van der Waals surface area contributed by atoms with Crippen LogP contribution >= 0.6 is 34.7 Å². The second-order valence-electron chi connectivity index (χ2n) is 6.13. The molecule has 136 valence electrons. The number of nitrogens with one attached hydrogen (secondary N) is 1. The molecule has 5 nitrogen and oxygen atoms in total. The van der Waals surface area contributed by atoms with Crippen molar-refractivity contribution in [2.75, 3.05) is 11.4 Å². The molecule has 1 amide bonds. The standard InChI is InChI=1S/C18H19ClN4OS2/c1-2-3-9-22-16(24)15-14(8-10-25-15)23-17(22)20-21-18(23)26-11-12-6-4-5-7-13(12)19/h4-8,10,17,20H,2-3,9,11H2,1H3. The Morgan fingerprint density at radius 3 is 3.00 bits per heavy atom. The Morgan fingerprint density at radius 2 is 2.19 bits per heavy atom. The zero-order valence-electron chi connectivity index (χ0n) is 14.3. The highest BCUT2D eigenvalue weighted by Gasteiger charge is 2.43. The minimum atomic E-state index is -0.245. The third kappa shape index (κ3) is 3.08. The topological polar surface area (TPSA) is 47.9 Å². The molecule has 2 aliphatic rings. The maximum atomic E-state index is 12.9. The van der Waals surface area contributed by atoms with Crippen LogP contribution in [-0.4, -0.2) is 28.8 Å². The van der Waals surface area contributed by atoms with Crippen molar-refractivity contribution in [2.45, 2.75) is 31.8 Å². The van der Waals surface area contributed by atoms with E-state index in [1.165, 1.54) is 11.3 Å². The van der Waals surface area contributed by atoms with Crippen LogP contribution in [0.5, 0.6) is 0 Å². The number of hydrazone groups is 1. The normalized spacial score (nSPS) is 18.5. The number of unbranched alkanes of at least 4 members (excludes halogenated alkanes) is 1. The van der Waals surface area contributed by atoms with E-state index in [-0.39, 0.29) is 12.2 Å². The van der Waals surface area contributed by atoms with Gasteiger partial charge in [-0.1, -0.05) is 54.9 Å². The summed E-state index contributed by atoms with van der Waals surface area (Å²) in [5, 5.41) is 8.12. The van der Waals surface area contributed by atoms with E-state index in [1.807, 2.05) is 40.6 Å². The largest absolute Gasteiger partial charge is 0.298 e. The van der Waals surface area contributed by atoms with Gasteiger partial charge in [-0.2, -0.15) is 5.10 Å². The van der Waals surface area contributed by atoms with Gasteiger partial charge in [0, 0.05) is 17.3 Å². The third-order valence-electron chi connectivity index (χ3n) is 4.45. The van der Waals surface area contributed by atoms with Crippen molar-refractivity contribution in [3.8, 4) is 0 Å². The van der Waals surface area contributed by atoms with Gasteiger partial charge in [0.2, 0.25) is 6.29 Å². The summed E-state index contributed by atoms with van der Waals surface area (Å²) in [6.07, 6.45) is 1.77. The Hall–Kier alpha value is -1.70. The van der Waals surface area contributed by atoms with Crippen molar-refractivity contribution < 1.29 is 4.79 Å². The third-order valence-corrected chi connectivity index (χ3v) is 6.71. The fourth-order valence-corrected chi connectivity index (χ4v) is 5.19. The molecule has 0 aliphatic carbocycles. The number of rotatable bonds is 5.